The highest BCUT2D eigenvalue weighted by molar-refractivity contribution is 8.00. The van der Waals surface area contributed by atoms with Gasteiger partial charge in [0, 0.05) is 50.0 Å². The van der Waals surface area contributed by atoms with Gasteiger partial charge in [0.25, 0.3) is 0 Å². The van der Waals surface area contributed by atoms with Gasteiger partial charge in [-0.3, -0.25) is 0 Å². The number of ether oxygens (including phenoxy) is 1. The predicted molar refractivity (Wildman–Crippen MR) is 138 cm³/mol. The lowest BCUT2D eigenvalue weighted by Gasteiger charge is -2.18. The molecule has 0 spiro atoms. The minimum atomic E-state index is 0.0263. The van der Waals surface area contributed by atoms with Gasteiger partial charge in [-0.15, -0.1) is 0 Å². The Kier molecular flexibility index (Phi) is 10.4. The van der Waals surface area contributed by atoms with Crippen molar-refractivity contribution in [3.05, 3.63) is 48.3 Å². The Balaban J connectivity index is 0.000000604. The molecule has 0 saturated carbocycles. The minimum absolute atomic E-state index is 0.0263. The summed E-state index contributed by atoms with van der Waals surface area (Å²) in [6, 6.07) is 14.4. The molecule has 0 fully saturated rings. The average Bonchev–Trinajstić information content (AvgIpc) is 3.00. The van der Waals surface area contributed by atoms with Gasteiger partial charge in [0.05, 0.1) is 11.0 Å². The Morgan fingerprint density at radius 3 is 2.03 bits per heavy atom. The normalized spacial score (nSPS) is 10.9. The number of imidazole rings is 1. The van der Waals surface area contributed by atoms with Crippen LogP contribution in [0.2, 0.25) is 0 Å². The van der Waals surface area contributed by atoms with Crippen molar-refractivity contribution in [1.82, 2.24) is 9.55 Å². The first kappa shape index (κ1) is 26.9. The van der Waals surface area contributed by atoms with E-state index in [2.05, 4.69) is 87.4 Å². The van der Waals surface area contributed by atoms with Gasteiger partial charge in [0.2, 0.25) is 0 Å². The van der Waals surface area contributed by atoms with Gasteiger partial charge in [-0.25, -0.2) is 4.98 Å². The number of hydrogen-bond acceptors (Lipinski definition) is 5. The fourth-order valence-corrected chi connectivity index (χ4v) is 3.59. The molecule has 0 unspecified atom stereocenters. The second-order valence-electron chi connectivity index (χ2n) is 9.22. The van der Waals surface area contributed by atoms with E-state index in [1.165, 1.54) is 0 Å². The van der Waals surface area contributed by atoms with Crippen LogP contribution < -0.4 is 10.0 Å². The summed E-state index contributed by atoms with van der Waals surface area (Å²) in [7, 11) is 7.40. The number of benzene rings is 2. The van der Waals surface area contributed by atoms with Crippen LogP contribution in [-0.4, -0.2) is 30.8 Å². The summed E-state index contributed by atoms with van der Waals surface area (Å²) in [6.45, 7) is 13.1. The number of nitrogens with two attached hydrogens (primary N) is 1. The smallest absolute Gasteiger partial charge is 0.115 e. The minimum Gasteiger partial charge on any atom is -0.399 e. The Bertz CT molecular complexity index is 924. The van der Waals surface area contributed by atoms with E-state index in [0.717, 1.165) is 39.0 Å². The van der Waals surface area contributed by atoms with Gasteiger partial charge in [0.1, 0.15) is 5.82 Å². The second-order valence-corrected chi connectivity index (χ2v) is 10.4. The van der Waals surface area contributed by atoms with Gasteiger partial charge < -0.3 is 19.3 Å². The van der Waals surface area contributed by atoms with E-state index in [0.29, 0.717) is 0 Å². The Morgan fingerprint density at radius 1 is 1.03 bits per heavy atom. The van der Waals surface area contributed by atoms with Crippen LogP contribution in [0.25, 0.3) is 11.0 Å². The first-order valence-electron chi connectivity index (χ1n) is 10.5. The predicted octanol–water partition coefficient (Wildman–Crippen LogP) is 6.52. The van der Waals surface area contributed by atoms with Gasteiger partial charge in [-0.1, -0.05) is 41.5 Å². The highest BCUT2D eigenvalue weighted by Gasteiger charge is 2.21. The van der Waals surface area contributed by atoms with Gasteiger partial charge in [-0.2, -0.15) is 0 Å². The van der Waals surface area contributed by atoms with Crippen molar-refractivity contribution in [2.24, 2.45) is 13.0 Å². The molecule has 0 aliphatic heterocycles. The van der Waals surface area contributed by atoms with Crippen molar-refractivity contribution in [2.45, 2.75) is 51.9 Å². The van der Waals surface area contributed by atoms with Gasteiger partial charge >= 0.3 is 0 Å². The first-order valence-corrected chi connectivity index (χ1v) is 11.3. The Labute approximate surface area is 193 Å². The molecule has 0 saturated heterocycles. The quantitative estimate of drug-likeness (QED) is 0.368. The molecule has 1 heterocycles. The van der Waals surface area contributed by atoms with E-state index < -0.39 is 0 Å². The van der Waals surface area contributed by atoms with Crippen LogP contribution in [0.4, 0.5) is 11.4 Å². The van der Waals surface area contributed by atoms with Crippen molar-refractivity contribution in [3.63, 3.8) is 0 Å². The van der Waals surface area contributed by atoms with Crippen molar-refractivity contribution in [2.75, 3.05) is 31.3 Å². The van der Waals surface area contributed by atoms with Crippen LogP contribution >= 0.6 is 11.9 Å². The molecule has 1 aromatic heterocycles. The van der Waals surface area contributed by atoms with E-state index in [-0.39, 0.29) is 5.41 Å². The largest absolute Gasteiger partial charge is 0.399 e. The average molecular weight is 445 g/mol. The van der Waals surface area contributed by atoms with E-state index in [1.807, 2.05) is 24.3 Å². The van der Waals surface area contributed by atoms with Crippen LogP contribution in [0, 0.1) is 5.92 Å². The van der Waals surface area contributed by atoms with Crippen LogP contribution in [0.1, 0.15) is 47.4 Å². The molecule has 172 valence electrons. The highest BCUT2D eigenvalue weighted by atomic mass is 32.2. The van der Waals surface area contributed by atoms with Crippen molar-refractivity contribution >= 4 is 34.4 Å². The third kappa shape index (κ3) is 8.46. The number of nitrogens with zero attached hydrogens (tertiary/aromatic N) is 3. The van der Waals surface area contributed by atoms with Crippen molar-refractivity contribution in [1.29, 1.82) is 0 Å². The summed E-state index contributed by atoms with van der Waals surface area (Å²) in [4.78, 5) is 6.01. The fraction of sp³-hybridized carbons (Fsp3) is 0.480. The van der Waals surface area contributed by atoms with E-state index in [1.54, 1.807) is 26.2 Å². The zero-order valence-electron chi connectivity index (χ0n) is 20.9. The van der Waals surface area contributed by atoms with Crippen LogP contribution in [0.3, 0.4) is 0 Å². The fourth-order valence-electron chi connectivity index (χ4n) is 2.79. The summed E-state index contributed by atoms with van der Waals surface area (Å²) in [5, 5.41) is 0. The molecule has 0 amide bonds. The van der Waals surface area contributed by atoms with E-state index >= 15 is 0 Å². The van der Waals surface area contributed by atoms with Gasteiger partial charge in [0.15, 0.2) is 0 Å². The molecule has 2 aromatic carbocycles. The van der Waals surface area contributed by atoms with Gasteiger partial charge in [-0.05, 0) is 60.3 Å². The molecule has 31 heavy (non-hydrogen) atoms. The van der Waals surface area contributed by atoms with E-state index in [9.17, 15) is 0 Å². The summed E-state index contributed by atoms with van der Waals surface area (Å²) in [5.74, 6) is 1.93. The molecule has 5 nitrogen and oxygen atoms in total. The van der Waals surface area contributed by atoms with Crippen LogP contribution in [-0.2, 0) is 17.2 Å². The molecule has 0 atom stereocenters. The zero-order valence-corrected chi connectivity index (χ0v) is 21.7. The molecule has 3 rings (SSSR count). The molecule has 0 bridgehead atoms. The maximum Gasteiger partial charge on any atom is 0.115 e. The number of methoxy groups -OCH3 is 1. The number of fused-ring (bicyclic) bond motifs is 1. The lowest BCUT2D eigenvalue weighted by molar-refractivity contribution is 0.277. The molecule has 3 aromatic rings. The number of aryl methyl sites for hydroxylation is 1. The third-order valence-corrected chi connectivity index (χ3v) is 4.99. The number of nitrogen functional groups attached to an aromatic ring is 1. The zero-order chi connectivity index (χ0) is 23.8. The second kappa shape index (κ2) is 12.0. The summed E-state index contributed by atoms with van der Waals surface area (Å²) >= 11 is 1.67. The number of hydrogen-bond donors (Lipinski definition) is 1. The third-order valence-electron chi connectivity index (χ3n) is 4.02. The SMILES string of the molecule is CC(C)C.CN(Sc1ccc(N)cc1)c1ccc2c(c1)nc(C(C)(C)C)n2C.COC. The Hall–Kier alpha value is -2.18. The molecule has 6 heteroatoms. The topological polar surface area (TPSA) is 56.3 Å². The number of rotatable bonds is 3. The van der Waals surface area contributed by atoms with Crippen LogP contribution in [0.15, 0.2) is 47.4 Å². The lowest BCUT2D eigenvalue weighted by Crippen LogP contribution is -2.17. The number of aromatic nitrogens is 2. The molecule has 0 aliphatic rings. The standard InChI is InChI=1S/C19H24N4S.C4H10.C2H6O/c1-19(2,3)18-21-16-12-14(8-11-17(16)22(18)4)23(5)24-15-9-6-13(20)7-10-15;1-4(2)3;1-3-2/h6-12H,20H2,1-5H3;4H,1-3H3;1-2H3. The molecule has 0 radical (unpaired) electrons. The van der Waals surface area contributed by atoms with Crippen molar-refractivity contribution in [3.8, 4) is 0 Å². The Morgan fingerprint density at radius 2 is 1.55 bits per heavy atom. The van der Waals surface area contributed by atoms with Crippen LogP contribution in [0.5, 0.6) is 0 Å². The highest BCUT2D eigenvalue weighted by Crippen LogP contribution is 2.31. The van der Waals surface area contributed by atoms with Crippen molar-refractivity contribution < 1.29 is 4.74 Å². The molecular weight excluding hydrogens is 404 g/mol. The summed E-state index contributed by atoms with van der Waals surface area (Å²) < 4.78 is 8.59. The summed E-state index contributed by atoms with van der Waals surface area (Å²) in [6.07, 6.45) is 0. The maximum atomic E-state index is 5.75. The monoisotopic (exact) mass is 444 g/mol. The molecule has 0 aliphatic carbocycles. The summed E-state index contributed by atoms with van der Waals surface area (Å²) in [5.41, 5.74) is 9.88. The molecular formula is C25H40N4OS. The number of anilines is 2. The maximum absolute atomic E-state index is 5.75. The molecule has 2 N–H and O–H groups in total. The lowest BCUT2D eigenvalue weighted by atomic mass is 9.96. The first-order chi connectivity index (χ1) is 14.4. The van der Waals surface area contributed by atoms with E-state index in [4.69, 9.17) is 10.7 Å².